The van der Waals surface area contributed by atoms with Crippen LogP contribution < -0.4 is 11.1 Å². The summed E-state index contributed by atoms with van der Waals surface area (Å²) >= 11 is 5.72. The van der Waals surface area contributed by atoms with Gasteiger partial charge in [-0.3, -0.25) is 9.00 Å². The molecule has 1 amide bonds. The highest BCUT2D eigenvalue weighted by Crippen LogP contribution is 2.22. The van der Waals surface area contributed by atoms with Crippen molar-refractivity contribution < 1.29 is 17.4 Å². The van der Waals surface area contributed by atoms with E-state index >= 15 is 0 Å². The number of nitrogen functional groups attached to an aromatic ring is 1. The molecule has 9 heteroatoms. The number of anilines is 2. The van der Waals surface area contributed by atoms with Gasteiger partial charge in [-0.15, -0.1) is 0 Å². The molecular weight excluding hydrogens is 324 g/mol. The first-order valence-electron chi connectivity index (χ1n) is 5.55. The highest BCUT2D eigenvalue weighted by molar-refractivity contribution is 7.92. The first-order valence-corrected chi connectivity index (χ1v) is 9.47. The molecule has 1 aromatic rings. The lowest BCUT2D eigenvalue weighted by molar-refractivity contribution is -0.113. The van der Waals surface area contributed by atoms with E-state index in [9.17, 15) is 17.4 Å². The molecule has 0 radical (unpaired) electrons. The Morgan fingerprint density at radius 3 is 2.65 bits per heavy atom. The molecule has 112 valence electrons. The Morgan fingerprint density at radius 2 is 2.10 bits per heavy atom. The second-order valence-electron chi connectivity index (χ2n) is 4.20. The topological polar surface area (TPSA) is 106 Å². The minimum atomic E-state index is -3.18. The largest absolute Gasteiger partial charge is 0.397 e. The second-order valence-corrected chi connectivity index (χ2v) is 8.47. The van der Waals surface area contributed by atoms with Gasteiger partial charge < -0.3 is 11.1 Å². The van der Waals surface area contributed by atoms with Crippen molar-refractivity contribution in [2.75, 3.05) is 34.6 Å². The third-order valence-electron chi connectivity index (χ3n) is 2.26. The van der Waals surface area contributed by atoms with Crippen LogP contribution in [0.2, 0.25) is 5.02 Å². The number of carbonyl (C=O) groups is 1. The Balaban J connectivity index is 2.53. The molecule has 0 spiro atoms. The summed E-state index contributed by atoms with van der Waals surface area (Å²) in [6.07, 6.45) is 1.05. The Morgan fingerprint density at radius 1 is 1.45 bits per heavy atom. The molecule has 1 unspecified atom stereocenters. The molecule has 0 saturated heterocycles. The third-order valence-corrected chi connectivity index (χ3v) is 4.94. The first-order chi connectivity index (χ1) is 9.17. The lowest BCUT2D eigenvalue weighted by Gasteiger charge is -2.08. The van der Waals surface area contributed by atoms with E-state index in [1.807, 2.05) is 0 Å². The fourth-order valence-corrected chi connectivity index (χ4v) is 3.94. The highest BCUT2D eigenvalue weighted by Gasteiger charge is 2.12. The summed E-state index contributed by atoms with van der Waals surface area (Å²) in [5.74, 6) is -1.05. The van der Waals surface area contributed by atoms with Crippen molar-refractivity contribution in [3.8, 4) is 0 Å². The Bertz CT molecular complexity index is 631. The van der Waals surface area contributed by atoms with Crippen LogP contribution in [0.4, 0.5) is 11.4 Å². The molecule has 20 heavy (non-hydrogen) atoms. The summed E-state index contributed by atoms with van der Waals surface area (Å²) in [5, 5.41) is 2.94. The maximum absolute atomic E-state index is 11.6. The van der Waals surface area contributed by atoms with E-state index in [4.69, 9.17) is 17.3 Å². The van der Waals surface area contributed by atoms with Gasteiger partial charge in [-0.1, -0.05) is 11.6 Å². The minimum absolute atomic E-state index is 0.0671. The van der Waals surface area contributed by atoms with Crippen molar-refractivity contribution in [3.05, 3.63) is 23.2 Å². The predicted molar refractivity (Wildman–Crippen MR) is 82.1 cm³/mol. The Hall–Kier alpha value is -1.12. The monoisotopic (exact) mass is 338 g/mol. The number of hydrogen-bond donors (Lipinski definition) is 2. The molecule has 0 aromatic heterocycles. The maximum Gasteiger partial charge on any atom is 0.237 e. The number of benzene rings is 1. The van der Waals surface area contributed by atoms with Gasteiger partial charge in [0.05, 0.1) is 17.1 Å². The van der Waals surface area contributed by atoms with Crippen LogP contribution in [0.5, 0.6) is 0 Å². The van der Waals surface area contributed by atoms with E-state index in [0.29, 0.717) is 16.4 Å². The van der Waals surface area contributed by atoms with E-state index in [-0.39, 0.29) is 17.3 Å². The Kier molecular flexibility index (Phi) is 5.97. The number of hydrogen-bond acceptors (Lipinski definition) is 5. The van der Waals surface area contributed by atoms with Crippen LogP contribution >= 0.6 is 11.6 Å². The van der Waals surface area contributed by atoms with Crippen molar-refractivity contribution in [1.29, 1.82) is 0 Å². The summed E-state index contributed by atoms with van der Waals surface area (Å²) in [6, 6.07) is 4.58. The van der Waals surface area contributed by atoms with Crippen LogP contribution in [0, 0.1) is 0 Å². The molecule has 0 aliphatic carbocycles. The van der Waals surface area contributed by atoms with E-state index in [1.54, 1.807) is 6.07 Å². The quantitative estimate of drug-likeness (QED) is 0.741. The van der Waals surface area contributed by atoms with Crippen molar-refractivity contribution in [1.82, 2.24) is 0 Å². The number of nitrogens with one attached hydrogen (secondary N) is 1. The number of amides is 1. The minimum Gasteiger partial charge on any atom is -0.397 e. The third kappa shape index (κ3) is 6.36. The SMILES string of the molecule is CS(=O)(=O)CCS(=O)CC(=O)Nc1ccc(Cl)cc1N. The molecule has 0 aliphatic rings. The van der Waals surface area contributed by atoms with Crippen molar-refractivity contribution in [2.24, 2.45) is 0 Å². The van der Waals surface area contributed by atoms with Crippen molar-refractivity contribution in [2.45, 2.75) is 0 Å². The number of rotatable bonds is 6. The standard InChI is InChI=1S/C11H15ClN2O4S2/c1-20(17,18)5-4-19(16)7-11(15)14-10-3-2-8(12)6-9(10)13/h2-3,6H,4-5,7,13H2,1H3,(H,14,15). The fraction of sp³-hybridized carbons (Fsp3) is 0.364. The summed E-state index contributed by atoms with van der Waals surface area (Å²) in [6.45, 7) is 0. The first kappa shape index (κ1) is 16.9. The van der Waals surface area contributed by atoms with Gasteiger partial charge in [0.2, 0.25) is 5.91 Å². The molecule has 0 bridgehead atoms. The van der Waals surface area contributed by atoms with Crippen molar-refractivity contribution >= 4 is 49.5 Å². The molecule has 0 saturated carbocycles. The molecule has 3 N–H and O–H groups in total. The van der Waals surface area contributed by atoms with Gasteiger partial charge in [0.15, 0.2) is 0 Å². The zero-order valence-electron chi connectivity index (χ0n) is 10.8. The van der Waals surface area contributed by atoms with Gasteiger partial charge in [0, 0.05) is 27.8 Å². The molecule has 0 fully saturated rings. The zero-order chi connectivity index (χ0) is 15.3. The average Bonchev–Trinajstić information content (AvgIpc) is 2.29. The van der Waals surface area contributed by atoms with Gasteiger partial charge in [0.25, 0.3) is 0 Å². The number of carbonyl (C=O) groups excluding carboxylic acids is 1. The van der Waals surface area contributed by atoms with Crippen LogP contribution in [0.15, 0.2) is 18.2 Å². The summed E-state index contributed by atoms with van der Waals surface area (Å²) in [5.41, 5.74) is 6.34. The van der Waals surface area contributed by atoms with E-state index < -0.39 is 26.5 Å². The smallest absolute Gasteiger partial charge is 0.237 e. The fourth-order valence-electron chi connectivity index (χ4n) is 1.30. The van der Waals surface area contributed by atoms with Gasteiger partial charge in [-0.2, -0.15) is 0 Å². The van der Waals surface area contributed by atoms with E-state index in [2.05, 4.69) is 5.32 Å². The van der Waals surface area contributed by atoms with Crippen LogP contribution in [-0.4, -0.2) is 42.0 Å². The number of halogens is 1. The number of sulfone groups is 1. The number of nitrogens with two attached hydrogens (primary N) is 1. The Labute approximate surface area is 125 Å². The van der Waals surface area contributed by atoms with Gasteiger partial charge in [0.1, 0.15) is 15.6 Å². The zero-order valence-corrected chi connectivity index (χ0v) is 13.1. The van der Waals surface area contributed by atoms with Crippen LogP contribution in [0.3, 0.4) is 0 Å². The van der Waals surface area contributed by atoms with Gasteiger partial charge in [-0.05, 0) is 18.2 Å². The predicted octanol–water partition coefficient (Wildman–Crippen LogP) is 0.654. The molecule has 1 rings (SSSR count). The lowest BCUT2D eigenvalue weighted by atomic mass is 10.2. The molecule has 1 aromatic carbocycles. The molecule has 1 atom stereocenters. The summed E-state index contributed by atoms with van der Waals surface area (Å²) < 4.78 is 33.4. The second kappa shape index (κ2) is 7.05. The van der Waals surface area contributed by atoms with E-state index in [1.165, 1.54) is 12.1 Å². The van der Waals surface area contributed by atoms with Gasteiger partial charge >= 0.3 is 0 Å². The van der Waals surface area contributed by atoms with Gasteiger partial charge in [-0.25, -0.2) is 8.42 Å². The molecule has 0 heterocycles. The van der Waals surface area contributed by atoms with Crippen molar-refractivity contribution in [3.63, 3.8) is 0 Å². The normalized spacial score (nSPS) is 12.9. The van der Waals surface area contributed by atoms with Crippen LogP contribution in [0.25, 0.3) is 0 Å². The summed E-state index contributed by atoms with van der Waals surface area (Å²) in [4.78, 5) is 11.6. The highest BCUT2D eigenvalue weighted by atomic mass is 35.5. The van der Waals surface area contributed by atoms with Crippen LogP contribution in [-0.2, 0) is 25.4 Å². The summed E-state index contributed by atoms with van der Waals surface area (Å²) in [7, 11) is -4.72. The van der Waals surface area contributed by atoms with Crippen LogP contribution in [0.1, 0.15) is 0 Å². The van der Waals surface area contributed by atoms with E-state index in [0.717, 1.165) is 6.26 Å². The maximum atomic E-state index is 11.6. The molecule has 0 aliphatic heterocycles. The lowest BCUT2D eigenvalue weighted by Crippen LogP contribution is -2.23. The molecular formula is C11H15ClN2O4S2. The molecule has 6 nitrogen and oxygen atoms in total. The average molecular weight is 339 g/mol.